The minimum atomic E-state index is -0.780. The molecule has 1 amide bonds. The Hall–Kier alpha value is -2.80. The van der Waals surface area contributed by atoms with Gasteiger partial charge in [0, 0.05) is 11.8 Å². The Kier molecular flexibility index (Phi) is 4.24. The maximum atomic E-state index is 13.2. The minimum Gasteiger partial charge on any atom is -0.392 e. The third-order valence-corrected chi connectivity index (χ3v) is 2.79. The van der Waals surface area contributed by atoms with E-state index in [4.69, 9.17) is 5.11 Å². The number of amides is 1. The highest BCUT2D eigenvalue weighted by Crippen LogP contribution is 2.21. The Morgan fingerprint density at radius 3 is 2.48 bits per heavy atom. The number of hydrogen-bond acceptors (Lipinski definition) is 4. The first kappa shape index (κ1) is 14.6. The highest BCUT2D eigenvalue weighted by atomic mass is 19.1. The molecule has 108 valence electrons. The summed E-state index contributed by atoms with van der Waals surface area (Å²) in [6.45, 7) is -0.135. The summed E-state index contributed by atoms with van der Waals surface area (Å²) < 4.78 is 13.2. The predicted octanol–water partition coefficient (Wildman–Crippen LogP) is 2.48. The number of nitro groups is 1. The van der Waals surface area contributed by atoms with Crippen molar-refractivity contribution in [2.45, 2.75) is 6.61 Å². The first-order valence-corrected chi connectivity index (χ1v) is 5.96. The average molecular weight is 290 g/mol. The van der Waals surface area contributed by atoms with E-state index in [9.17, 15) is 19.3 Å². The molecule has 0 fully saturated rings. The molecule has 2 N–H and O–H groups in total. The number of aliphatic hydroxyl groups excluding tert-OH is 1. The van der Waals surface area contributed by atoms with Gasteiger partial charge in [-0.2, -0.15) is 0 Å². The fourth-order valence-corrected chi connectivity index (χ4v) is 1.74. The van der Waals surface area contributed by atoms with E-state index in [0.717, 1.165) is 18.2 Å². The van der Waals surface area contributed by atoms with Gasteiger partial charge in [0.2, 0.25) is 0 Å². The Balaban J connectivity index is 2.27. The van der Waals surface area contributed by atoms with Crippen molar-refractivity contribution in [3.63, 3.8) is 0 Å². The van der Waals surface area contributed by atoms with Crippen LogP contribution < -0.4 is 5.32 Å². The van der Waals surface area contributed by atoms with Crippen molar-refractivity contribution in [2.24, 2.45) is 0 Å². The van der Waals surface area contributed by atoms with Crippen LogP contribution in [0.2, 0.25) is 0 Å². The van der Waals surface area contributed by atoms with Crippen LogP contribution in [0.1, 0.15) is 15.9 Å². The number of nitrogens with zero attached hydrogens (tertiary/aromatic N) is 1. The van der Waals surface area contributed by atoms with Crippen LogP contribution in [0.15, 0.2) is 42.5 Å². The summed E-state index contributed by atoms with van der Waals surface area (Å²) in [7, 11) is 0. The molecular formula is C14H11FN2O4. The molecule has 0 saturated carbocycles. The van der Waals surface area contributed by atoms with Crippen LogP contribution in [-0.4, -0.2) is 15.9 Å². The van der Waals surface area contributed by atoms with Gasteiger partial charge in [0.25, 0.3) is 11.6 Å². The van der Waals surface area contributed by atoms with Crippen molar-refractivity contribution in [3.8, 4) is 0 Å². The number of hydrogen-bond donors (Lipinski definition) is 2. The summed E-state index contributed by atoms with van der Waals surface area (Å²) in [5.41, 5.74) is 0.215. The van der Waals surface area contributed by atoms with E-state index in [1.54, 1.807) is 12.1 Å². The Bertz CT molecular complexity index is 686. The van der Waals surface area contributed by atoms with Gasteiger partial charge in [0.05, 0.1) is 11.5 Å². The first-order valence-electron chi connectivity index (χ1n) is 5.96. The fraction of sp³-hybridized carbons (Fsp3) is 0.0714. The lowest BCUT2D eigenvalue weighted by Crippen LogP contribution is -2.14. The summed E-state index contributed by atoms with van der Waals surface area (Å²) in [4.78, 5) is 22.1. The second-order valence-electron chi connectivity index (χ2n) is 4.23. The molecule has 0 aromatic heterocycles. The van der Waals surface area contributed by atoms with E-state index in [1.165, 1.54) is 12.1 Å². The van der Waals surface area contributed by atoms with Gasteiger partial charge in [-0.1, -0.05) is 12.1 Å². The number of benzene rings is 2. The lowest BCUT2D eigenvalue weighted by Gasteiger charge is -2.06. The van der Waals surface area contributed by atoms with Crippen molar-refractivity contribution in [2.75, 3.05) is 5.32 Å². The van der Waals surface area contributed by atoms with E-state index < -0.39 is 22.3 Å². The summed E-state index contributed by atoms with van der Waals surface area (Å²) in [6.07, 6.45) is 0. The topological polar surface area (TPSA) is 92.5 Å². The molecule has 0 atom stereocenters. The van der Waals surface area contributed by atoms with Gasteiger partial charge in [0.15, 0.2) is 0 Å². The second kappa shape index (κ2) is 6.10. The Morgan fingerprint density at radius 2 is 1.90 bits per heavy atom. The van der Waals surface area contributed by atoms with Gasteiger partial charge < -0.3 is 10.4 Å². The number of carbonyl (C=O) groups excluding carboxylic acids is 1. The van der Waals surface area contributed by atoms with Crippen molar-refractivity contribution >= 4 is 17.3 Å². The van der Waals surface area contributed by atoms with E-state index in [1.807, 2.05) is 0 Å². The molecule has 0 saturated heterocycles. The molecule has 7 heteroatoms. The van der Waals surface area contributed by atoms with Crippen LogP contribution in [-0.2, 0) is 6.61 Å². The zero-order valence-corrected chi connectivity index (χ0v) is 10.7. The number of nitrogens with one attached hydrogen (secondary N) is 1. The van der Waals surface area contributed by atoms with E-state index >= 15 is 0 Å². The summed E-state index contributed by atoms with van der Waals surface area (Å²) in [6, 6.07) is 8.94. The number of carbonyl (C=O) groups is 1. The van der Waals surface area contributed by atoms with Gasteiger partial charge >= 0.3 is 0 Å². The monoisotopic (exact) mass is 290 g/mol. The second-order valence-corrected chi connectivity index (χ2v) is 4.23. The summed E-state index contributed by atoms with van der Waals surface area (Å²) in [5, 5.41) is 22.2. The molecule has 0 aliphatic carbocycles. The highest BCUT2D eigenvalue weighted by Gasteiger charge is 2.20. The molecule has 0 aliphatic rings. The third-order valence-electron chi connectivity index (χ3n) is 2.79. The quantitative estimate of drug-likeness (QED) is 0.668. The fourth-order valence-electron chi connectivity index (χ4n) is 1.74. The number of nitro benzene ring substituents is 1. The standard InChI is InChI=1S/C14H11FN2O4/c15-10-3-6-13(17(20)21)12(7-10)14(19)16-11-4-1-9(8-18)2-5-11/h1-7,18H,8H2,(H,16,19). The van der Waals surface area contributed by atoms with Gasteiger partial charge in [-0.05, 0) is 29.8 Å². The van der Waals surface area contributed by atoms with Crippen LogP contribution in [0, 0.1) is 15.9 Å². The average Bonchev–Trinajstić information content (AvgIpc) is 2.47. The molecule has 2 rings (SSSR count). The number of rotatable bonds is 4. The Morgan fingerprint density at radius 1 is 1.24 bits per heavy atom. The predicted molar refractivity (Wildman–Crippen MR) is 73.4 cm³/mol. The van der Waals surface area contributed by atoms with Crippen molar-refractivity contribution in [1.82, 2.24) is 0 Å². The smallest absolute Gasteiger partial charge is 0.282 e. The zero-order valence-electron chi connectivity index (χ0n) is 10.7. The van der Waals surface area contributed by atoms with E-state index in [-0.39, 0.29) is 12.2 Å². The molecule has 6 nitrogen and oxygen atoms in total. The van der Waals surface area contributed by atoms with Crippen molar-refractivity contribution in [1.29, 1.82) is 0 Å². The van der Waals surface area contributed by atoms with Gasteiger partial charge in [-0.15, -0.1) is 0 Å². The van der Waals surface area contributed by atoms with Crippen molar-refractivity contribution in [3.05, 3.63) is 69.5 Å². The largest absolute Gasteiger partial charge is 0.392 e. The van der Waals surface area contributed by atoms with Gasteiger partial charge in [-0.3, -0.25) is 14.9 Å². The summed E-state index contributed by atoms with van der Waals surface area (Å²) in [5.74, 6) is -1.51. The molecule has 2 aromatic rings. The number of halogens is 1. The van der Waals surface area contributed by atoms with Crippen molar-refractivity contribution < 1.29 is 19.2 Å². The molecule has 0 spiro atoms. The lowest BCUT2D eigenvalue weighted by molar-refractivity contribution is -0.385. The van der Waals surface area contributed by atoms with Crippen LogP contribution in [0.3, 0.4) is 0 Å². The molecular weight excluding hydrogens is 279 g/mol. The van der Waals surface area contributed by atoms with Gasteiger partial charge in [-0.25, -0.2) is 4.39 Å². The Labute approximate surface area is 119 Å². The minimum absolute atomic E-state index is 0.135. The molecule has 0 unspecified atom stereocenters. The maximum Gasteiger partial charge on any atom is 0.282 e. The third kappa shape index (κ3) is 3.40. The molecule has 0 radical (unpaired) electrons. The summed E-state index contributed by atoms with van der Waals surface area (Å²) >= 11 is 0. The first-order chi connectivity index (χ1) is 10.0. The zero-order chi connectivity index (χ0) is 15.4. The molecule has 0 aliphatic heterocycles. The SMILES string of the molecule is O=C(Nc1ccc(CO)cc1)c1cc(F)ccc1[N+](=O)[O-]. The van der Waals surface area contributed by atoms with E-state index in [2.05, 4.69) is 5.32 Å². The number of aliphatic hydroxyl groups is 1. The molecule has 0 heterocycles. The van der Waals surface area contributed by atoms with Crippen LogP contribution in [0.5, 0.6) is 0 Å². The van der Waals surface area contributed by atoms with Crippen LogP contribution >= 0.6 is 0 Å². The van der Waals surface area contributed by atoms with Crippen LogP contribution in [0.25, 0.3) is 0 Å². The highest BCUT2D eigenvalue weighted by molar-refractivity contribution is 6.07. The molecule has 2 aromatic carbocycles. The van der Waals surface area contributed by atoms with E-state index in [0.29, 0.717) is 11.3 Å². The normalized spacial score (nSPS) is 10.2. The lowest BCUT2D eigenvalue weighted by atomic mass is 10.1. The maximum absolute atomic E-state index is 13.2. The van der Waals surface area contributed by atoms with Crippen LogP contribution in [0.4, 0.5) is 15.8 Å². The molecule has 0 bridgehead atoms. The van der Waals surface area contributed by atoms with Gasteiger partial charge in [0.1, 0.15) is 11.4 Å². The molecule has 21 heavy (non-hydrogen) atoms. The number of anilines is 1.